The molecule has 0 aliphatic heterocycles. The number of carboxylic acid groups (broad SMARTS) is 1. The fourth-order valence-corrected chi connectivity index (χ4v) is 1.81. The van der Waals surface area contributed by atoms with Crippen LogP contribution in [-0.2, 0) is 4.79 Å². The average molecular weight is 274 g/mol. The Balaban J connectivity index is 2.49. The van der Waals surface area contributed by atoms with Crippen LogP contribution in [0.3, 0.4) is 0 Å². The monoisotopic (exact) mass is 274 g/mol. The Kier molecular flexibility index (Phi) is 5.56. The maximum absolute atomic E-state index is 12.0. The highest BCUT2D eigenvalue weighted by atomic mass is 16.4. The molecule has 1 rings (SSSR count). The molecule has 0 aromatic carbocycles. The second-order valence-corrected chi connectivity index (χ2v) is 5.09. The number of amides is 2. The van der Waals surface area contributed by atoms with Crippen molar-refractivity contribution in [3.8, 4) is 0 Å². The second-order valence-electron chi connectivity index (χ2n) is 5.09. The molecular weight excluding hydrogens is 252 g/mol. The van der Waals surface area contributed by atoms with E-state index in [9.17, 15) is 14.7 Å². The Hall–Kier alpha value is -1.34. The molecule has 1 saturated carbocycles. The minimum atomic E-state index is -1.97. The number of carboxylic acids is 1. The zero-order chi connectivity index (χ0) is 14.5. The van der Waals surface area contributed by atoms with Gasteiger partial charge in [-0.15, -0.1) is 0 Å². The lowest BCUT2D eigenvalue weighted by atomic mass is 9.91. The third-order valence-corrected chi connectivity index (χ3v) is 3.38. The third kappa shape index (κ3) is 4.36. The van der Waals surface area contributed by atoms with Gasteiger partial charge in [0.2, 0.25) is 0 Å². The molecule has 0 aromatic heterocycles. The number of rotatable bonds is 7. The Morgan fingerprint density at radius 1 is 1.42 bits per heavy atom. The number of carbonyl (C=O) groups excluding carboxylic acids is 1. The molecule has 1 fully saturated rings. The van der Waals surface area contributed by atoms with E-state index in [1.165, 1.54) is 0 Å². The molecule has 1 unspecified atom stereocenters. The van der Waals surface area contributed by atoms with Gasteiger partial charge in [-0.3, -0.25) is 0 Å². The number of nitrogens with one attached hydrogen (secondary N) is 1. The van der Waals surface area contributed by atoms with Crippen molar-refractivity contribution in [3.05, 3.63) is 0 Å². The van der Waals surface area contributed by atoms with Gasteiger partial charge in [-0.1, -0.05) is 0 Å². The molecule has 0 saturated heterocycles. The van der Waals surface area contributed by atoms with E-state index in [2.05, 4.69) is 5.32 Å². The van der Waals surface area contributed by atoms with Crippen LogP contribution in [0.15, 0.2) is 0 Å². The van der Waals surface area contributed by atoms with Crippen molar-refractivity contribution in [2.75, 3.05) is 19.7 Å². The van der Waals surface area contributed by atoms with Crippen molar-refractivity contribution in [1.29, 1.82) is 0 Å². The van der Waals surface area contributed by atoms with Gasteiger partial charge >= 0.3 is 12.0 Å². The highest BCUT2D eigenvalue weighted by Gasteiger charge is 2.33. The summed E-state index contributed by atoms with van der Waals surface area (Å²) in [6, 6.07) is -0.235. The van der Waals surface area contributed by atoms with Gasteiger partial charge in [-0.25, -0.2) is 9.59 Å². The lowest BCUT2D eigenvalue weighted by Gasteiger charge is -2.37. The summed E-state index contributed by atoms with van der Waals surface area (Å²) in [5.41, 5.74) is -1.97. The standard InChI is InChI=1S/C12H22N2O5/c1-12(19,10(16)17)8-13-11(18)14(6-3-7-15)9-4-2-5-9/h9,15,19H,2-8H2,1H3,(H,13,18)(H,16,17). The Morgan fingerprint density at radius 2 is 2.05 bits per heavy atom. The quantitative estimate of drug-likeness (QED) is 0.512. The molecule has 19 heavy (non-hydrogen) atoms. The van der Waals surface area contributed by atoms with Gasteiger partial charge in [0.15, 0.2) is 5.60 Å². The van der Waals surface area contributed by atoms with Crippen molar-refractivity contribution in [1.82, 2.24) is 10.2 Å². The molecule has 2 amide bonds. The number of hydrogen-bond donors (Lipinski definition) is 4. The molecule has 110 valence electrons. The molecule has 1 aliphatic carbocycles. The number of urea groups is 1. The van der Waals surface area contributed by atoms with Crippen LogP contribution in [0.4, 0.5) is 4.79 Å². The summed E-state index contributed by atoms with van der Waals surface area (Å²) >= 11 is 0. The van der Waals surface area contributed by atoms with Crippen molar-refractivity contribution in [2.24, 2.45) is 0 Å². The highest BCUT2D eigenvalue weighted by molar-refractivity contribution is 5.79. The largest absolute Gasteiger partial charge is 0.479 e. The first-order valence-electron chi connectivity index (χ1n) is 6.49. The van der Waals surface area contributed by atoms with Gasteiger partial charge in [0.05, 0.1) is 6.54 Å². The van der Waals surface area contributed by atoms with E-state index in [-0.39, 0.29) is 25.2 Å². The lowest BCUT2D eigenvalue weighted by Crippen LogP contribution is -2.54. The van der Waals surface area contributed by atoms with Gasteiger partial charge in [0.1, 0.15) is 0 Å². The van der Waals surface area contributed by atoms with Crippen molar-refractivity contribution < 1.29 is 24.9 Å². The van der Waals surface area contributed by atoms with Crippen molar-refractivity contribution in [2.45, 2.75) is 44.2 Å². The van der Waals surface area contributed by atoms with Gasteiger partial charge in [0.25, 0.3) is 0 Å². The Labute approximate surface area is 112 Å². The molecule has 0 heterocycles. The molecule has 0 bridgehead atoms. The number of nitrogens with zero attached hydrogens (tertiary/aromatic N) is 1. The van der Waals surface area contributed by atoms with E-state index in [4.69, 9.17) is 10.2 Å². The maximum atomic E-state index is 12.0. The molecule has 1 aliphatic rings. The van der Waals surface area contributed by atoms with E-state index < -0.39 is 11.6 Å². The smallest absolute Gasteiger partial charge is 0.337 e. The lowest BCUT2D eigenvalue weighted by molar-refractivity contribution is -0.155. The van der Waals surface area contributed by atoms with Crippen LogP contribution in [0.5, 0.6) is 0 Å². The van der Waals surface area contributed by atoms with Gasteiger partial charge in [-0.2, -0.15) is 0 Å². The van der Waals surface area contributed by atoms with E-state index in [0.29, 0.717) is 13.0 Å². The predicted molar refractivity (Wildman–Crippen MR) is 67.7 cm³/mol. The van der Waals surface area contributed by atoms with Crippen LogP contribution < -0.4 is 5.32 Å². The zero-order valence-corrected chi connectivity index (χ0v) is 11.1. The topological polar surface area (TPSA) is 110 Å². The maximum Gasteiger partial charge on any atom is 0.337 e. The predicted octanol–water partition coefficient (Wildman–Crippen LogP) is -0.231. The van der Waals surface area contributed by atoms with Gasteiger partial charge in [-0.05, 0) is 32.6 Å². The van der Waals surface area contributed by atoms with E-state index >= 15 is 0 Å². The number of aliphatic hydroxyl groups is 2. The summed E-state index contributed by atoms with van der Waals surface area (Å²) in [4.78, 5) is 24.3. The van der Waals surface area contributed by atoms with E-state index in [1.54, 1.807) is 4.90 Å². The number of aliphatic hydroxyl groups excluding tert-OH is 1. The van der Waals surface area contributed by atoms with Crippen LogP contribution in [0.2, 0.25) is 0 Å². The molecule has 1 atom stereocenters. The summed E-state index contributed by atoms with van der Waals surface area (Å²) in [6.07, 6.45) is 3.40. The molecule has 0 radical (unpaired) electrons. The summed E-state index contributed by atoms with van der Waals surface area (Å²) in [7, 11) is 0. The van der Waals surface area contributed by atoms with Gasteiger partial charge < -0.3 is 25.5 Å². The fraction of sp³-hybridized carbons (Fsp3) is 0.833. The van der Waals surface area contributed by atoms with Crippen molar-refractivity contribution >= 4 is 12.0 Å². The zero-order valence-electron chi connectivity index (χ0n) is 11.1. The summed E-state index contributed by atoms with van der Waals surface area (Å²) in [6.45, 7) is 1.23. The van der Waals surface area contributed by atoms with Crippen LogP contribution in [0, 0.1) is 0 Å². The second kappa shape index (κ2) is 6.72. The SMILES string of the molecule is CC(O)(CNC(=O)N(CCCO)C1CCC1)C(=O)O. The molecular formula is C12H22N2O5. The summed E-state index contributed by atoms with van der Waals surface area (Å²) in [5, 5.41) is 29.6. The van der Waals surface area contributed by atoms with E-state index in [0.717, 1.165) is 26.2 Å². The van der Waals surface area contributed by atoms with Crippen LogP contribution >= 0.6 is 0 Å². The first-order valence-corrected chi connectivity index (χ1v) is 6.49. The third-order valence-electron chi connectivity index (χ3n) is 3.38. The molecule has 7 nitrogen and oxygen atoms in total. The Morgan fingerprint density at radius 3 is 2.47 bits per heavy atom. The summed E-state index contributed by atoms with van der Waals surface area (Å²) in [5.74, 6) is -1.38. The molecule has 4 N–H and O–H groups in total. The summed E-state index contributed by atoms with van der Waals surface area (Å²) < 4.78 is 0. The fourth-order valence-electron chi connectivity index (χ4n) is 1.81. The first kappa shape index (κ1) is 15.7. The van der Waals surface area contributed by atoms with Crippen LogP contribution in [0.25, 0.3) is 0 Å². The number of hydrogen-bond acceptors (Lipinski definition) is 4. The normalized spacial score (nSPS) is 18.3. The minimum absolute atomic E-state index is 0.00331. The van der Waals surface area contributed by atoms with E-state index in [1.807, 2.05) is 0 Å². The van der Waals surface area contributed by atoms with Crippen LogP contribution in [0.1, 0.15) is 32.6 Å². The molecule has 0 aromatic rings. The highest BCUT2D eigenvalue weighted by Crippen LogP contribution is 2.24. The minimum Gasteiger partial charge on any atom is -0.479 e. The number of carbonyl (C=O) groups is 2. The molecule has 0 spiro atoms. The van der Waals surface area contributed by atoms with Crippen molar-refractivity contribution in [3.63, 3.8) is 0 Å². The van der Waals surface area contributed by atoms with Crippen LogP contribution in [-0.4, -0.2) is 63.6 Å². The number of aliphatic carboxylic acids is 1. The first-order chi connectivity index (χ1) is 8.88. The van der Waals surface area contributed by atoms with Gasteiger partial charge in [0, 0.05) is 19.2 Å². The average Bonchev–Trinajstić information content (AvgIpc) is 2.28. The Bertz CT molecular complexity index is 328. The molecule has 7 heteroatoms.